The summed E-state index contributed by atoms with van der Waals surface area (Å²) in [6, 6.07) is 0. The van der Waals surface area contributed by atoms with Crippen molar-refractivity contribution in [1.29, 1.82) is 0 Å². The van der Waals surface area contributed by atoms with Crippen molar-refractivity contribution in [3.05, 3.63) is 0 Å². The number of rotatable bonds is 5. The van der Waals surface area contributed by atoms with Crippen LogP contribution in [0.1, 0.15) is 26.7 Å². The molecule has 0 aromatic heterocycles. The van der Waals surface area contributed by atoms with Gasteiger partial charge in [-0.2, -0.15) is 0 Å². The van der Waals surface area contributed by atoms with Crippen LogP contribution in [0.25, 0.3) is 0 Å². The number of carboxylic acids is 1. The number of nitrogens with zero attached hydrogens (tertiary/aromatic N) is 2. The van der Waals surface area contributed by atoms with Gasteiger partial charge in [0.1, 0.15) is 0 Å². The molecule has 0 radical (unpaired) electrons. The third kappa shape index (κ3) is 5.57. The number of likely N-dealkylation sites (N-methyl/N-ethyl adjacent to an activating group) is 1. The molecule has 6 heteroatoms. The molecule has 0 aliphatic carbocycles. The van der Waals surface area contributed by atoms with Gasteiger partial charge in [-0.1, -0.05) is 0 Å². The second-order valence-electron chi connectivity index (χ2n) is 5.98. The zero-order valence-electron chi connectivity index (χ0n) is 11.9. The summed E-state index contributed by atoms with van der Waals surface area (Å²) in [5.41, 5.74) is -0.828. The fourth-order valence-corrected chi connectivity index (χ4v) is 2.42. The van der Waals surface area contributed by atoms with Gasteiger partial charge in [-0.3, -0.25) is 14.5 Å². The predicted octanol–water partition coefficient (Wildman–Crippen LogP) is 0.0123. The highest BCUT2D eigenvalue weighted by Crippen LogP contribution is 2.17. The number of carbonyl (C=O) groups is 2. The van der Waals surface area contributed by atoms with Gasteiger partial charge in [0, 0.05) is 19.6 Å². The highest BCUT2D eigenvalue weighted by molar-refractivity contribution is 5.78. The maximum atomic E-state index is 12.0. The number of hydrogen-bond acceptors (Lipinski definition) is 4. The lowest BCUT2D eigenvalue weighted by Crippen LogP contribution is -2.46. The molecule has 6 nitrogen and oxygen atoms in total. The molecule has 0 spiro atoms. The van der Waals surface area contributed by atoms with Crippen LogP contribution < -0.4 is 0 Å². The maximum Gasteiger partial charge on any atom is 0.306 e. The second kappa shape index (κ2) is 6.34. The number of aliphatic hydroxyl groups is 1. The molecule has 1 saturated heterocycles. The average Bonchev–Trinajstić information content (AvgIpc) is 2.26. The predicted molar refractivity (Wildman–Crippen MR) is 70.7 cm³/mol. The smallest absolute Gasteiger partial charge is 0.306 e. The van der Waals surface area contributed by atoms with Crippen LogP contribution in [-0.4, -0.2) is 70.7 Å². The summed E-state index contributed by atoms with van der Waals surface area (Å²) in [7, 11) is 1.79. The minimum atomic E-state index is -0.828. The molecule has 0 saturated carbocycles. The molecule has 0 atom stereocenters. The fourth-order valence-electron chi connectivity index (χ4n) is 2.42. The molecule has 0 aromatic carbocycles. The number of likely N-dealkylation sites (tertiary alicyclic amines) is 1. The van der Waals surface area contributed by atoms with Crippen molar-refractivity contribution < 1.29 is 19.8 Å². The number of piperidine rings is 1. The largest absolute Gasteiger partial charge is 0.481 e. The van der Waals surface area contributed by atoms with E-state index in [0.29, 0.717) is 32.5 Å². The van der Waals surface area contributed by atoms with E-state index >= 15 is 0 Å². The summed E-state index contributed by atoms with van der Waals surface area (Å²) in [6.07, 6.45) is 1.05. The standard InChI is InChI=1S/C13H24N2O4/c1-13(2,19)9-14(3)8-11(16)15-6-4-10(5-7-15)12(17)18/h10,19H,4-9H2,1-3H3,(H,17,18). The molecule has 1 aliphatic heterocycles. The van der Waals surface area contributed by atoms with E-state index in [1.807, 2.05) is 0 Å². The lowest BCUT2D eigenvalue weighted by atomic mass is 9.97. The van der Waals surface area contributed by atoms with Crippen LogP contribution in [0.3, 0.4) is 0 Å². The van der Waals surface area contributed by atoms with Crippen molar-refractivity contribution >= 4 is 11.9 Å². The summed E-state index contributed by atoms with van der Waals surface area (Å²) < 4.78 is 0. The van der Waals surface area contributed by atoms with E-state index in [-0.39, 0.29) is 18.4 Å². The van der Waals surface area contributed by atoms with Crippen LogP contribution in [0.4, 0.5) is 0 Å². The molecule has 1 fully saturated rings. The highest BCUT2D eigenvalue weighted by atomic mass is 16.4. The van der Waals surface area contributed by atoms with Crippen LogP contribution in [0.2, 0.25) is 0 Å². The van der Waals surface area contributed by atoms with Gasteiger partial charge in [-0.05, 0) is 33.7 Å². The molecule has 19 heavy (non-hydrogen) atoms. The number of aliphatic carboxylic acids is 1. The van der Waals surface area contributed by atoms with Crippen molar-refractivity contribution in [3.63, 3.8) is 0 Å². The Hall–Kier alpha value is -1.14. The van der Waals surface area contributed by atoms with Crippen molar-refractivity contribution in [2.45, 2.75) is 32.3 Å². The minimum Gasteiger partial charge on any atom is -0.481 e. The Balaban J connectivity index is 2.37. The zero-order chi connectivity index (χ0) is 14.6. The van der Waals surface area contributed by atoms with Gasteiger partial charge in [0.25, 0.3) is 0 Å². The molecule has 0 bridgehead atoms. The molecule has 110 valence electrons. The Morgan fingerprint density at radius 1 is 1.32 bits per heavy atom. The second-order valence-corrected chi connectivity index (χ2v) is 5.98. The Kier molecular flexibility index (Phi) is 5.31. The van der Waals surface area contributed by atoms with E-state index < -0.39 is 11.6 Å². The van der Waals surface area contributed by atoms with Crippen LogP contribution in [0.15, 0.2) is 0 Å². The molecule has 1 aliphatic rings. The van der Waals surface area contributed by atoms with Crippen molar-refractivity contribution in [2.24, 2.45) is 5.92 Å². The first kappa shape index (κ1) is 15.9. The monoisotopic (exact) mass is 272 g/mol. The van der Waals surface area contributed by atoms with Crippen molar-refractivity contribution in [3.8, 4) is 0 Å². The van der Waals surface area contributed by atoms with Gasteiger partial charge < -0.3 is 15.1 Å². The van der Waals surface area contributed by atoms with Gasteiger partial charge in [-0.15, -0.1) is 0 Å². The minimum absolute atomic E-state index is 0.00408. The van der Waals surface area contributed by atoms with Gasteiger partial charge in [-0.25, -0.2) is 0 Å². The van der Waals surface area contributed by atoms with Crippen LogP contribution in [0, 0.1) is 5.92 Å². The molecular weight excluding hydrogens is 248 g/mol. The van der Waals surface area contributed by atoms with E-state index in [4.69, 9.17) is 5.11 Å². The number of carboxylic acid groups (broad SMARTS) is 1. The van der Waals surface area contributed by atoms with Crippen LogP contribution in [0.5, 0.6) is 0 Å². The normalized spacial score (nSPS) is 17.8. The highest BCUT2D eigenvalue weighted by Gasteiger charge is 2.27. The molecule has 1 heterocycles. The summed E-state index contributed by atoms with van der Waals surface area (Å²) in [5.74, 6) is -1.10. The zero-order valence-corrected chi connectivity index (χ0v) is 11.9. The first-order valence-corrected chi connectivity index (χ1v) is 6.60. The van der Waals surface area contributed by atoms with Gasteiger partial charge in [0.15, 0.2) is 0 Å². The SMILES string of the molecule is CN(CC(=O)N1CCC(C(=O)O)CC1)CC(C)(C)O. The number of hydrogen-bond donors (Lipinski definition) is 2. The summed E-state index contributed by atoms with van der Waals surface area (Å²) in [5, 5.41) is 18.6. The molecule has 1 rings (SSSR count). The lowest BCUT2D eigenvalue weighted by Gasteiger charge is -2.32. The van der Waals surface area contributed by atoms with Crippen molar-refractivity contribution in [1.82, 2.24) is 9.80 Å². The summed E-state index contributed by atoms with van der Waals surface area (Å²) in [6.45, 7) is 5.09. The lowest BCUT2D eigenvalue weighted by molar-refractivity contribution is -0.146. The Morgan fingerprint density at radius 2 is 1.84 bits per heavy atom. The first-order valence-electron chi connectivity index (χ1n) is 6.60. The van der Waals surface area contributed by atoms with E-state index in [1.165, 1.54) is 0 Å². The third-order valence-electron chi connectivity index (χ3n) is 3.26. The van der Waals surface area contributed by atoms with Gasteiger partial charge >= 0.3 is 5.97 Å². The van der Waals surface area contributed by atoms with Gasteiger partial charge in [0.2, 0.25) is 5.91 Å². The van der Waals surface area contributed by atoms with Crippen molar-refractivity contribution in [2.75, 3.05) is 33.2 Å². The Labute approximate surface area is 114 Å². The fraction of sp³-hybridized carbons (Fsp3) is 0.846. The van der Waals surface area contributed by atoms with E-state index in [1.54, 1.807) is 30.7 Å². The molecular formula is C13H24N2O4. The quantitative estimate of drug-likeness (QED) is 0.737. The number of carbonyl (C=O) groups excluding carboxylic acids is 1. The number of amides is 1. The van der Waals surface area contributed by atoms with Crippen LogP contribution in [-0.2, 0) is 9.59 Å². The van der Waals surface area contributed by atoms with E-state index in [2.05, 4.69) is 0 Å². The first-order chi connectivity index (χ1) is 8.69. The Morgan fingerprint density at radius 3 is 2.26 bits per heavy atom. The average molecular weight is 272 g/mol. The maximum absolute atomic E-state index is 12.0. The van der Waals surface area contributed by atoms with Crippen LogP contribution >= 0.6 is 0 Å². The topological polar surface area (TPSA) is 81.1 Å². The summed E-state index contributed by atoms with van der Waals surface area (Å²) in [4.78, 5) is 26.3. The van der Waals surface area contributed by atoms with Gasteiger partial charge in [0.05, 0.1) is 18.1 Å². The molecule has 2 N–H and O–H groups in total. The van der Waals surface area contributed by atoms with E-state index in [0.717, 1.165) is 0 Å². The Bertz CT molecular complexity index is 330. The summed E-state index contributed by atoms with van der Waals surface area (Å²) >= 11 is 0. The third-order valence-corrected chi connectivity index (χ3v) is 3.26. The van der Waals surface area contributed by atoms with E-state index in [9.17, 15) is 14.7 Å². The molecule has 0 aromatic rings. The molecule has 0 unspecified atom stereocenters. The molecule has 1 amide bonds.